The Morgan fingerprint density at radius 1 is 1.50 bits per heavy atom. The fourth-order valence-corrected chi connectivity index (χ4v) is 2.33. The van der Waals surface area contributed by atoms with Crippen molar-refractivity contribution in [3.05, 3.63) is 0 Å². The summed E-state index contributed by atoms with van der Waals surface area (Å²) in [5, 5.41) is 0. The summed E-state index contributed by atoms with van der Waals surface area (Å²) < 4.78 is 5.65. The van der Waals surface area contributed by atoms with Crippen molar-refractivity contribution in [1.82, 2.24) is 4.90 Å². The minimum absolute atomic E-state index is 0.385. The Hall–Kier alpha value is -0.0800. The second-order valence-electron chi connectivity index (χ2n) is 4.55. The van der Waals surface area contributed by atoms with Crippen LogP contribution in [0.2, 0.25) is 0 Å². The van der Waals surface area contributed by atoms with E-state index in [9.17, 15) is 0 Å². The van der Waals surface area contributed by atoms with Crippen LogP contribution in [0, 0.1) is 11.8 Å². The van der Waals surface area contributed by atoms with Crippen LogP contribution < -0.4 is 0 Å². The summed E-state index contributed by atoms with van der Waals surface area (Å²) in [5.74, 6) is 1.98. The average molecular weight is 169 g/mol. The lowest BCUT2D eigenvalue weighted by Gasteiger charge is -2.23. The van der Waals surface area contributed by atoms with E-state index >= 15 is 0 Å². The zero-order valence-electron chi connectivity index (χ0n) is 8.29. The van der Waals surface area contributed by atoms with Gasteiger partial charge in [0.2, 0.25) is 0 Å². The zero-order chi connectivity index (χ0) is 8.72. The fraction of sp³-hybridized carbons (Fsp3) is 1.00. The molecule has 0 aromatic rings. The SMILES string of the molecule is CC(C)OC[C@@H]1[C@@H]2CC2CN1C. The molecule has 0 N–H and O–H groups in total. The molecule has 2 rings (SSSR count). The molecule has 3 atom stereocenters. The molecule has 12 heavy (non-hydrogen) atoms. The number of ether oxygens (including phenoxy) is 1. The maximum Gasteiger partial charge on any atom is 0.0628 e. The van der Waals surface area contributed by atoms with Crippen LogP contribution in [0.5, 0.6) is 0 Å². The van der Waals surface area contributed by atoms with E-state index in [1.807, 2.05) is 0 Å². The van der Waals surface area contributed by atoms with E-state index in [2.05, 4.69) is 25.8 Å². The molecular weight excluding hydrogens is 150 g/mol. The van der Waals surface area contributed by atoms with Gasteiger partial charge in [-0.1, -0.05) is 0 Å². The van der Waals surface area contributed by atoms with Crippen molar-refractivity contribution in [2.24, 2.45) is 11.8 Å². The normalized spacial score (nSPS) is 40.5. The highest BCUT2D eigenvalue weighted by atomic mass is 16.5. The average Bonchev–Trinajstić information content (AvgIpc) is 2.62. The Morgan fingerprint density at radius 2 is 2.25 bits per heavy atom. The van der Waals surface area contributed by atoms with Gasteiger partial charge >= 0.3 is 0 Å². The van der Waals surface area contributed by atoms with Gasteiger partial charge in [0.25, 0.3) is 0 Å². The highest BCUT2D eigenvalue weighted by Gasteiger charge is 2.50. The molecule has 0 radical (unpaired) electrons. The molecule has 0 amide bonds. The molecule has 1 saturated heterocycles. The number of nitrogens with zero attached hydrogens (tertiary/aromatic N) is 1. The molecular formula is C10H19NO. The number of hydrogen-bond acceptors (Lipinski definition) is 2. The third kappa shape index (κ3) is 1.50. The van der Waals surface area contributed by atoms with Crippen LogP contribution in [-0.4, -0.2) is 37.2 Å². The number of piperidine rings is 1. The van der Waals surface area contributed by atoms with Crippen LogP contribution >= 0.6 is 0 Å². The standard InChI is InChI=1S/C10H19NO/c1-7(2)12-6-10-9-4-8(9)5-11(10)3/h7-10H,4-6H2,1-3H3/t8?,9-,10-/m1/s1. The largest absolute Gasteiger partial charge is 0.377 e. The minimum atomic E-state index is 0.385. The molecule has 2 nitrogen and oxygen atoms in total. The number of rotatable bonds is 3. The smallest absolute Gasteiger partial charge is 0.0628 e. The number of likely N-dealkylation sites (tertiary alicyclic amines) is 1. The summed E-state index contributed by atoms with van der Waals surface area (Å²) in [5.41, 5.74) is 0. The van der Waals surface area contributed by atoms with Crippen molar-refractivity contribution in [2.45, 2.75) is 32.4 Å². The minimum Gasteiger partial charge on any atom is -0.377 e. The molecule has 1 aliphatic carbocycles. The summed E-state index contributed by atoms with van der Waals surface area (Å²) in [4.78, 5) is 2.46. The first kappa shape index (κ1) is 8.52. The third-order valence-corrected chi connectivity index (χ3v) is 3.16. The highest BCUT2D eigenvalue weighted by molar-refractivity contribution is 5.03. The van der Waals surface area contributed by atoms with E-state index in [-0.39, 0.29) is 0 Å². The lowest BCUT2D eigenvalue weighted by Crippen LogP contribution is -2.34. The van der Waals surface area contributed by atoms with Crippen molar-refractivity contribution < 1.29 is 4.74 Å². The Kier molecular flexibility index (Phi) is 2.13. The van der Waals surface area contributed by atoms with Crippen molar-refractivity contribution in [3.63, 3.8) is 0 Å². The van der Waals surface area contributed by atoms with E-state index in [0.29, 0.717) is 6.10 Å². The highest BCUT2D eigenvalue weighted by Crippen LogP contribution is 2.48. The second-order valence-corrected chi connectivity index (χ2v) is 4.55. The van der Waals surface area contributed by atoms with E-state index < -0.39 is 0 Å². The van der Waals surface area contributed by atoms with Crippen LogP contribution in [0.3, 0.4) is 0 Å². The molecule has 0 aromatic carbocycles. The van der Waals surface area contributed by atoms with Crippen molar-refractivity contribution in [2.75, 3.05) is 20.2 Å². The van der Waals surface area contributed by atoms with Crippen molar-refractivity contribution in [1.29, 1.82) is 0 Å². The zero-order valence-corrected chi connectivity index (χ0v) is 8.29. The quantitative estimate of drug-likeness (QED) is 0.632. The van der Waals surface area contributed by atoms with Crippen LogP contribution in [0.1, 0.15) is 20.3 Å². The first-order chi connectivity index (χ1) is 5.68. The second kappa shape index (κ2) is 3.00. The molecule has 2 aliphatic rings. The summed E-state index contributed by atoms with van der Waals surface area (Å²) in [6, 6.07) is 0.720. The van der Waals surface area contributed by atoms with Crippen LogP contribution in [0.4, 0.5) is 0 Å². The van der Waals surface area contributed by atoms with Gasteiger partial charge in [-0.3, -0.25) is 0 Å². The third-order valence-electron chi connectivity index (χ3n) is 3.16. The van der Waals surface area contributed by atoms with Gasteiger partial charge in [-0.2, -0.15) is 0 Å². The Morgan fingerprint density at radius 3 is 2.75 bits per heavy atom. The summed E-state index contributed by atoms with van der Waals surface area (Å²) in [7, 11) is 2.22. The predicted octanol–water partition coefficient (Wildman–Crippen LogP) is 1.36. The number of likely N-dealkylation sites (N-methyl/N-ethyl adjacent to an activating group) is 1. The van der Waals surface area contributed by atoms with Gasteiger partial charge in [0.15, 0.2) is 0 Å². The van der Waals surface area contributed by atoms with Crippen LogP contribution in [0.25, 0.3) is 0 Å². The molecule has 2 heteroatoms. The van der Waals surface area contributed by atoms with E-state index in [4.69, 9.17) is 4.74 Å². The first-order valence-corrected chi connectivity index (χ1v) is 5.00. The van der Waals surface area contributed by atoms with Crippen LogP contribution in [-0.2, 0) is 4.74 Å². The molecule has 0 spiro atoms. The topological polar surface area (TPSA) is 12.5 Å². The molecule has 0 aromatic heterocycles. The molecule has 1 heterocycles. The van der Waals surface area contributed by atoms with Gasteiger partial charge in [0.05, 0.1) is 12.7 Å². The van der Waals surface area contributed by atoms with Gasteiger partial charge in [0.1, 0.15) is 0 Å². The monoisotopic (exact) mass is 169 g/mol. The molecule has 1 saturated carbocycles. The van der Waals surface area contributed by atoms with Crippen molar-refractivity contribution in [3.8, 4) is 0 Å². The molecule has 0 bridgehead atoms. The molecule has 2 fully saturated rings. The maximum absolute atomic E-state index is 5.65. The van der Waals surface area contributed by atoms with E-state index in [0.717, 1.165) is 24.5 Å². The Bertz CT molecular complexity index is 167. The van der Waals surface area contributed by atoms with Crippen LogP contribution in [0.15, 0.2) is 0 Å². The fourth-order valence-electron chi connectivity index (χ4n) is 2.33. The first-order valence-electron chi connectivity index (χ1n) is 5.00. The Balaban J connectivity index is 1.79. The van der Waals surface area contributed by atoms with Gasteiger partial charge < -0.3 is 9.64 Å². The maximum atomic E-state index is 5.65. The molecule has 1 aliphatic heterocycles. The lowest BCUT2D eigenvalue weighted by atomic mass is 10.2. The number of fused-ring (bicyclic) bond motifs is 1. The summed E-state index contributed by atoms with van der Waals surface area (Å²) >= 11 is 0. The molecule has 1 unspecified atom stereocenters. The summed E-state index contributed by atoms with van der Waals surface area (Å²) in [6.45, 7) is 6.46. The Labute approximate surface area is 74.9 Å². The van der Waals surface area contributed by atoms with Gasteiger partial charge in [0, 0.05) is 12.6 Å². The van der Waals surface area contributed by atoms with Gasteiger partial charge in [-0.05, 0) is 39.2 Å². The summed E-state index contributed by atoms with van der Waals surface area (Å²) in [6.07, 6.45) is 1.84. The van der Waals surface area contributed by atoms with Crippen molar-refractivity contribution >= 4 is 0 Å². The van der Waals surface area contributed by atoms with E-state index in [1.165, 1.54) is 13.0 Å². The lowest BCUT2D eigenvalue weighted by molar-refractivity contribution is 0.0357. The van der Waals surface area contributed by atoms with Gasteiger partial charge in [-0.25, -0.2) is 0 Å². The predicted molar refractivity (Wildman–Crippen MR) is 49.1 cm³/mol. The number of hydrogen-bond donors (Lipinski definition) is 0. The van der Waals surface area contributed by atoms with E-state index in [1.54, 1.807) is 0 Å². The van der Waals surface area contributed by atoms with Gasteiger partial charge in [-0.15, -0.1) is 0 Å². The molecule has 70 valence electrons.